The molecule has 170 valence electrons. The van der Waals surface area contributed by atoms with E-state index in [0.717, 1.165) is 11.6 Å². The van der Waals surface area contributed by atoms with Gasteiger partial charge in [-0.15, -0.1) is 0 Å². The number of hydrogen-bond acceptors (Lipinski definition) is 7. The van der Waals surface area contributed by atoms with Crippen LogP contribution in [0.3, 0.4) is 0 Å². The summed E-state index contributed by atoms with van der Waals surface area (Å²) in [6.45, 7) is 1.86. The lowest BCUT2D eigenvalue weighted by Crippen LogP contribution is -2.23. The number of anilines is 1. The number of fused-ring (bicyclic) bond motifs is 1. The highest BCUT2D eigenvalue weighted by molar-refractivity contribution is 5.98. The van der Waals surface area contributed by atoms with Gasteiger partial charge in [0.2, 0.25) is 0 Å². The van der Waals surface area contributed by atoms with Crippen LogP contribution in [0.4, 0.5) is 10.2 Å². The normalized spacial score (nSPS) is 12.2. The maximum atomic E-state index is 14.1. The summed E-state index contributed by atoms with van der Waals surface area (Å²) in [5, 5.41) is 19.5. The summed E-state index contributed by atoms with van der Waals surface area (Å²) in [7, 11) is 1.59. The van der Waals surface area contributed by atoms with Gasteiger partial charge in [-0.25, -0.2) is 23.7 Å². The number of rotatable bonds is 4. The SMILES string of the molecule is CC(c1cc(=O)n(C)nc1-c1ccccc1)n1nc(-c2cc(O)cc(F)c2)c2c(N)ncnc21. The van der Waals surface area contributed by atoms with E-state index in [1.165, 1.54) is 29.2 Å². The average Bonchev–Trinajstić information content (AvgIpc) is 3.21. The molecule has 9 nitrogen and oxygen atoms in total. The topological polar surface area (TPSA) is 125 Å². The Morgan fingerprint density at radius 3 is 2.50 bits per heavy atom. The molecule has 0 saturated heterocycles. The van der Waals surface area contributed by atoms with Crippen LogP contribution in [0.2, 0.25) is 0 Å². The van der Waals surface area contributed by atoms with Crippen molar-refractivity contribution in [2.75, 3.05) is 5.73 Å². The van der Waals surface area contributed by atoms with Crippen molar-refractivity contribution >= 4 is 16.9 Å². The second-order valence-electron chi connectivity index (χ2n) is 7.90. The van der Waals surface area contributed by atoms with Gasteiger partial charge >= 0.3 is 0 Å². The van der Waals surface area contributed by atoms with Crippen LogP contribution in [0.15, 0.2) is 65.7 Å². The smallest absolute Gasteiger partial charge is 0.266 e. The van der Waals surface area contributed by atoms with Gasteiger partial charge in [0.05, 0.1) is 17.1 Å². The Balaban J connectivity index is 1.76. The van der Waals surface area contributed by atoms with Crippen LogP contribution in [-0.2, 0) is 7.05 Å². The molecule has 0 aliphatic heterocycles. The van der Waals surface area contributed by atoms with Crippen molar-refractivity contribution in [1.29, 1.82) is 0 Å². The minimum Gasteiger partial charge on any atom is -0.508 e. The van der Waals surface area contributed by atoms with Crippen molar-refractivity contribution < 1.29 is 9.50 Å². The van der Waals surface area contributed by atoms with Gasteiger partial charge in [0.25, 0.3) is 5.56 Å². The number of phenols is 1. The molecule has 0 saturated carbocycles. The fraction of sp³-hybridized carbons (Fsp3) is 0.125. The van der Waals surface area contributed by atoms with Gasteiger partial charge in [0.1, 0.15) is 29.4 Å². The number of hydrogen-bond donors (Lipinski definition) is 2. The third-order valence-corrected chi connectivity index (χ3v) is 5.66. The van der Waals surface area contributed by atoms with E-state index in [-0.39, 0.29) is 17.1 Å². The van der Waals surface area contributed by atoms with Gasteiger partial charge < -0.3 is 10.8 Å². The highest BCUT2D eigenvalue weighted by Gasteiger charge is 2.24. The number of phenolic OH excluding ortho intramolecular Hbond substituents is 1. The maximum absolute atomic E-state index is 14.1. The van der Waals surface area contributed by atoms with E-state index >= 15 is 0 Å². The second-order valence-corrected chi connectivity index (χ2v) is 7.90. The molecule has 3 aromatic heterocycles. The summed E-state index contributed by atoms with van der Waals surface area (Å²) in [4.78, 5) is 21.0. The van der Waals surface area contributed by atoms with E-state index in [1.807, 2.05) is 37.3 Å². The summed E-state index contributed by atoms with van der Waals surface area (Å²) >= 11 is 0. The first kappa shape index (κ1) is 21.3. The van der Waals surface area contributed by atoms with Crippen molar-refractivity contribution in [2.45, 2.75) is 13.0 Å². The van der Waals surface area contributed by atoms with Gasteiger partial charge in [0, 0.05) is 35.9 Å². The molecule has 3 N–H and O–H groups in total. The monoisotopic (exact) mass is 457 g/mol. The van der Waals surface area contributed by atoms with E-state index in [1.54, 1.807) is 11.7 Å². The zero-order valence-electron chi connectivity index (χ0n) is 18.3. The van der Waals surface area contributed by atoms with Crippen molar-refractivity contribution in [3.63, 3.8) is 0 Å². The molecule has 5 aromatic rings. The lowest BCUT2D eigenvalue weighted by Gasteiger charge is -2.17. The molecule has 0 amide bonds. The molecule has 10 heteroatoms. The largest absolute Gasteiger partial charge is 0.508 e. The Labute approximate surface area is 193 Å². The van der Waals surface area contributed by atoms with Gasteiger partial charge in [-0.2, -0.15) is 10.2 Å². The first-order valence-electron chi connectivity index (χ1n) is 10.5. The Hall–Kier alpha value is -4.60. The molecule has 0 aliphatic rings. The molecule has 3 heterocycles. The van der Waals surface area contributed by atoms with Crippen LogP contribution in [0.25, 0.3) is 33.5 Å². The van der Waals surface area contributed by atoms with E-state index in [0.29, 0.717) is 33.5 Å². The summed E-state index contributed by atoms with van der Waals surface area (Å²) in [6, 6.07) is 14.2. The van der Waals surface area contributed by atoms with Crippen LogP contribution in [0, 0.1) is 5.82 Å². The Bertz CT molecular complexity index is 1570. The van der Waals surface area contributed by atoms with Crippen molar-refractivity contribution in [3.05, 3.63) is 82.7 Å². The van der Waals surface area contributed by atoms with Crippen LogP contribution in [-0.4, -0.2) is 34.6 Å². The Morgan fingerprint density at radius 2 is 1.76 bits per heavy atom. The summed E-state index contributed by atoms with van der Waals surface area (Å²) in [5.41, 5.74) is 9.00. The predicted molar refractivity (Wildman–Crippen MR) is 126 cm³/mol. The molecule has 5 rings (SSSR count). The van der Waals surface area contributed by atoms with E-state index in [2.05, 4.69) is 20.2 Å². The zero-order chi connectivity index (χ0) is 24.0. The van der Waals surface area contributed by atoms with Gasteiger partial charge in [-0.05, 0) is 19.1 Å². The van der Waals surface area contributed by atoms with Crippen LogP contribution < -0.4 is 11.3 Å². The summed E-state index contributed by atoms with van der Waals surface area (Å²) in [5.74, 6) is -0.709. The third kappa shape index (κ3) is 3.54. The van der Waals surface area contributed by atoms with Crippen molar-refractivity contribution in [2.24, 2.45) is 7.05 Å². The van der Waals surface area contributed by atoms with Crippen LogP contribution in [0.1, 0.15) is 18.5 Å². The number of nitrogen functional groups attached to an aromatic ring is 1. The molecule has 0 fully saturated rings. The second kappa shape index (κ2) is 8.07. The molecule has 0 bridgehead atoms. The molecule has 0 spiro atoms. The van der Waals surface area contributed by atoms with E-state index < -0.39 is 11.9 Å². The van der Waals surface area contributed by atoms with Crippen molar-refractivity contribution in [1.82, 2.24) is 29.5 Å². The molecule has 34 heavy (non-hydrogen) atoms. The number of aromatic hydroxyl groups is 1. The fourth-order valence-corrected chi connectivity index (χ4v) is 4.00. The molecule has 2 aromatic carbocycles. The van der Waals surface area contributed by atoms with Crippen LogP contribution in [0.5, 0.6) is 5.75 Å². The van der Waals surface area contributed by atoms with Gasteiger partial charge in [-0.1, -0.05) is 30.3 Å². The number of benzene rings is 2. The Morgan fingerprint density at radius 1 is 1.00 bits per heavy atom. The summed E-state index contributed by atoms with van der Waals surface area (Å²) in [6.07, 6.45) is 1.32. The molecule has 1 atom stereocenters. The summed E-state index contributed by atoms with van der Waals surface area (Å²) < 4.78 is 16.9. The highest BCUT2D eigenvalue weighted by atomic mass is 19.1. The lowest BCUT2D eigenvalue weighted by molar-refractivity contribution is 0.469. The molecular formula is C24H20FN7O2. The quantitative estimate of drug-likeness (QED) is 0.424. The number of nitrogens with two attached hydrogens (primary N) is 1. The molecule has 0 radical (unpaired) electrons. The van der Waals surface area contributed by atoms with Gasteiger partial charge in [-0.3, -0.25) is 4.79 Å². The van der Waals surface area contributed by atoms with E-state index in [9.17, 15) is 14.3 Å². The third-order valence-electron chi connectivity index (χ3n) is 5.66. The van der Waals surface area contributed by atoms with E-state index in [4.69, 9.17) is 5.73 Å². The first-order chi connectivity index (χ1) is 16.3. The highest BCUT2D eigenvalue weighted by Crippen LogP contribution is 2.36. The lowest BCUT2D eigenvalue weighted by atomic mass is 10.0. The van der Waals surface area contributed by atoms with Crippen molar-refractivity contribution in [3.8, 4) is 28.3 Å². The minimum absolute atomic E-state index is 0.160. The average molecular weight is 457 g/mol. The van der Waals surface area contributed by atoms with Gasteiger partial charge in [0.15, 0.2) is 5.65 Å². The zero-order valence-corrected chi connectivity index (χ0v) is 18.3. The predicted octanol–water partition coefficient (Wildman–Crippen LogP) is 3.29. The fourth-order valence-electron chi connectivity index (χ4n) is 4.00. The maximum Gasteiger partial charge on any atom is 0.266 e. The number of nitrogens with zero attached hydrogens (tertiary/aromatic N) is 6. The number of halogens is 1. The standard InChI is InChI=1S/C24H20FN7O2/c1-13(18-11-19(34)31(2)29-21(18)14-6-4-3-5-7-14)32-24-20(23(26)27-12-28-24)22(30-32)15-8-16(25)10-17(33)9-15/h3-13,33H,1-2H3,(H2,26,27,28). The molecule has 1 unspecified atom stereocenters. The first-order valence-corrected chi connectivity index (χ1v) is 10.5. The molecule has 0 aliphatic carbocycles. The number of aryl methyl sites for hydroxylation is 1. The van der Waals surface area contributed by atoms with Crippen LogP contribution >= 0.6 is 0 Å². The molecular weight excluding hydrogens is 437 g/mol. The number of aromatic nitrogens is 6. The Kier molecular flexibility index (Phi) is 5.05. The minimum atomic E-state index is -0.622.